The van der Waals surface area contributed by atoms with Gasteiger partial charge in [-0.05, 0) is 0 Å². The van der Waals surface area contributed by atoms with Crippen LogP contribution in [-0.4, -0.2) is 18.4 Å². The van der Waals surface area contributed by atoms with Gasteiger partial charge in [-0.15, -0.1) is 0 Å². The van der Waals surface area contributed by atoms with Crippen LogP contribution in [0.1, 0.15) is 20.8 Å². The quantitative estimate of drug-likeness (QED) is 0.568. The van der Waals surface area contributed by atoms with E-state index >= 15 is 0 Å². The summed E-state index contributed by atoms with van der Waals surface area (Å²) < 4.78 is 0. The molecule has 0 aromatic rings. The third-order valence-corrected chi connectivity index (χ3v) is 1.33. The van der Waals surface area contributed by atoms with Crippen LogP contribution in [0.25, 0.3) is 0 Å². The summed E-state index contributed by atoms with van der Waals surface area (Å²) in [4.78, 5) is 11.2. The smallest absolute Gasteiger partial charge is 0.156 e. The van der Waals surface area contributed by atoms with Crippen molar-refractivity contribution < 1.29 is 4.79 Å². The van der Waals surface area contributed by atoms with Crippen molar-refractivity contribution in [3.05, 3.63) is 0 Å². The first-order valence-corrected chi connectivity index (χ1v) is 3.39. The fourth-order valence-electron chi connectivity index (χ4n) is 0.663. The number of nitrogens with two attached hydrogens (primary N) is 2. The molecule has 0 aromatic carbocycles. The molecule has 4 N–H and O–H groups in total. The van der Waals surface area contributed by atoms with E-state index in [0.717, 1.165) is 0 Å². The number of ketones is 1. The highest BCUT2D eigenvalue weighted by Gasteiger charge is 2.25. The zero-order chi connectivity index (χ0) is 8.36. The number of hydrogen-bond donors (Lipinski definition) is 2. The fourth-order valence-corrected chi connectivity index (χ4v) is 0.663. The molecule has 0 saturated carbocycles. The molecule has 1 atom stereocenters. The van der Waals surface area contributed by atoms with Gasteiger partial charge in [0.25, 0.3) is 0 Å². The third kappa shape index (κ3) is 2.45. The van der Waals surface area contributed by atoms with Crippen LogP contribution in [0, 0.1) is 5.41 Å². The molecule has 0 bridgehead atoms. The minimum atomic E-state index is -0.500. The maximum Gasteiger partial charge on any atom is 0.156 e. The molecule has 0 saturated heterocycles. The molecule has 60 valence electrons. The highest BCUT2D eigenvalue weighted by Crippen LogP contribution is 2.15. The average Bonchev–Trinajstić information content (AvgIpc) is 1.83. The predicted octanol–water partition coefficient (Wildman–Crippen LogP) is -0.112. The molecule has 0 aliphatic heterocycles. The minimum Gasteiger partial charge on any atom is -0.328 e. The molecule has 3 heteroatoms. The normalized spacial score (nSPS) is 14.9. The van der Waals surface area contributed by atoms with Crippen molar-refractivity contribution in [3.63, 3.8) is 0 Å². The van der Waals surface area contributed by atoms with Crippen LogP contribution in [0.3, 0.4) is 0 Å². The first-order chi connectivity index (χ1) is 4.39. The van der Waals surface area contributed by atoms with Gasteiger partial charge in [0.05, 0.1) is 6.04 Å². The van der Waals surface area contributed by atoms with Crippen LogP contribution >= 0.6 is 0 Å². The van der Waals surface area contributed by atoms with Crippen molar-refractivity contribution in [3.8, 4) is 0 Å². The standard InChI is InChI=1S/C7H16N2O/c1-7(2,3)6(10)5(9)4-8/h5H,4,8-9H2,1-3H3/t5-/m1/s1. The van der Waals surface area contributed by atoms with Crippen LogP contribution in [0.15, 0.2) is 0 Å². The summed E-state index contributed by atoms with van der Waals surface area (Å²) in [6.07, 6.45) is 0. The number of hydrogen-bond acceptors (Lipinski definition) is 3. The fraction of sp³-hybridized carbons (Fsp3) is 0.857. The Balaban J connectivity index is 4.09. The highest BCUT2D eigenvalue weighted by molar-refractivity contribution is 5.88. The molecule has 10 heavy (non-hydrogen) atoms. The Morgan fingerprint density at radius 3 is 2.00 bits per heavy atom. The molecule has 0 rings (SSSR count). The van der Waals surface area contributed by atoms with E-state index in [0.29, 0.717) is 0 Å². The number of carbonyl (C=O) groups is 1. The first kappa shape index (κ1) is 9.59. The van der Waals surface area contributed by atoms with E-state index < -0.39 is 6.04 Å². The van der Waals surface area contributed by atoms with Gasteiger partial charge in [0.2, 0.25) is 0 Å². The first-order valence-electron chi connectivity index (χ1n) is 3.39. The zero-order valence-electron chi connectivity index (χ0n) is 6.85. The van der Waals surface area contributed by atoms with Gasteiger partial charge >= 0.3 is 0 Å². The number of carbonyl (C=O) groups excluding carboxylic acids is 1. The van der Waals surface area contributed by atoms with E-state index in [9.17, 15) is 4.79 Å². The van der Waals surface area contributed by atoms with Crippen molar-refractivity contribution >= 4 is 5.78 Å². The topological polar surface area (TPSA) is 69.1 Å². The Morgan fingerprint density at radius 1 is 1.50 bits per heavy atom. The van der Waals surface area contributed by atoms with Crippen molar-refractivity contribution in [2.75, 3.05) is 6.54 Å². The third-order valence-electron chi connectivity index (χ3n) is 1.33. The molecule has 0 unspecified atom stereocenters. The van der Waals surface area contributed by atoms with Crippen molar-refractivity contribution in [2.45, 2.75) is 26.8 Å². The van der Waals surface area contributed by atoms with Gasteiger partial charge in [-0.25, -0.2) is 0 Å². The maximum atomic E-state index is 11.2. The molecule has 0 heterocycles. The van der Waals surface area contributed by atoms with E-state index in [4.69, 9.17) is 11.5 Å². The van der Waals surface area contributed by atoms with E-state index in [1.807, 2.05) is 20.8 Å². The highest BCUT2D eigenvalue weighted by atomic mass is 16.1. The van der Waals surface area contributed by atoms with Gasteiger partial charge in [0.15, 0.2) is 5.78 Å². The Morgan fingerprint density at radius 2 is 1.90 bits per heavy atom. The average molecular weight is 144 g/mol. The summed E-state index contributed by atoms with van der Waals surface area (Å²) in [5.41, 5.74) is 10.3. The van der Waals surface area contributed by atoms with Crippen LogP contribution in [0.4, 0.5) is 0 Å². The Labute approximate surface area is 61.8 Å². The Bertz CT molecular complexity index is 126. The summed E-state index contributed by atoms with van der Waals surface area (Å²) >= 11 is 0. The summed E-state index contributed by atoms with van der Waals surface area (Å²) in [6.45, 7) is 5.75. The monoisotopic (exact) mass is 144 g/mol. The van der Waals surface area contributed by atoms with Crippen LogP contribution < -0.4 is 11.5 Å². The molecule has 0 aliphatic rings. The van der Waals surface area contributed by atoms with E-state index in [1.165, 1.54) is 0 Å². The van der Waals surface area contributed by atoms with E-state index in [-0.39, 0.29) is 17.7 Å². The van der Waals surface area contributed by atoms with Crippen molar-refractivity contribution in [1.29, 1.82) is 0 Å². The van der Waals surface area contributed by atoms with Crippen LogP contribution in [0.2, 0.25) is 0 Å². The minimum absolute atomic E-state index is 0.0231. The second-order valence-electron chi connectivity index (χ2n) is 3.46. The molecule has 0 spiro atoms. The van der Waals surface area contributed by atoms with Gasteiger partial charge in [0, 0.05) is 12.0 Å². The summed E-state index contributed by atoms with van der Waals surface area (Å²) in [5, 5.41) is 0. The Kier molecular flexibility index (Phi) is 2.99. The van der Waals surface area contributed by atoms with Gasteiger partial charge < -0.3 is 11.5 Å². The number of rotatable bonds is 2. The Hall–Kier alpha value is -0.410. The lowest BCUT2D eigenvalue weighted by Crippen LogP contribution is -2.43. The van der Waals surface area contributed by atoms with Crippen LogP contribution in [-0.2, 0) is 4.79 Å². The summed E-state index contributed by atoms with van der Waals surface area (Å²) in [6, 6.07) is -0.500. The SMILES string of the molecule is CC(C)(C)C(=O)[C@H](N)CN. The van der Waals surface area contributed by atoms with E-state index in [1.54, 1.807) is 0 Å². The molecule has 0 fully saturated rings. The lowest BCUT2D eigenvalue weighted by molar-refractivity contribution is -0.127. The zero-order valence-corrected chi connectivity index (χ0v) is 6.85. The molecule has 0 aliphatic carbocycles. The lowest BCUT2D eigenvalue weighted by Gasteiger charge is -2.20. The van der Waals surface area contributed by atoms with Gasteiger partial charge in [-0.1, -0.05) is 20.8 Å². The lowest BCUT2D eigenvalue weighted by atomic mass is 9.87. The predicted molar refractivity (Wildman–Crippen MR) is 41.5 cm³/mol. The van der Waals surface area contributed by atoms with Crippen molar-refractivity contribution in [2.24, 2.45) is 16.9 Å². The number of Topliss-reactive ketones (excluding diaryl/α,β-unsaturated/α-hetero) is 1. The molecule has 3 nitrogen and oxygen atoms in total. The maximum absolute atomic E-state index is 11.2. The van der Waals surface area contributed by atoms with Gasteiger partial charge in [-0.2, -0.15) is 0 Å². The summed E-state index contributed by atoms with van der Waals surface area (Å²) in [7, 11) is 0. The molecular formula is C7H16N2O. The molecule has 0 radical (unpaired) electrons. The van der Waals surface area contributed by atoms with Crippen molar-refractivity contribution in [1.82, 2.24) is 0 Å². The molecule has 0 amide bonds. The second-order valence-corrected chi connectivity index (χ2v) is 3.46. The van der Waals surface area contributed by atoms with Gasteiger partial charge in [0.1, 0.15) is 0 Å². The second kappa shape index (κ2) is 3.12. The molecular weight excluding hydrogens is 128 g/mol. The van der Waals surface area contributed by atoms with Crippen LogP contribution in [0.5, 0.6) is 0 Å². The van der Waals surface area contributed by atoms with E-state index in [2.05, 4.69) is 0 Å². The van der Waals surface area contributed by atoms with Gasteiger partial charge in [-0.3, -0.25) is 4.79 Å². The summed E-state index contributed by atoms with van der Waals surface area (Å²) in [5.74, 6) is 0.0231. The largest absolute Gasteiger partial charge is 0.328 e. The molecule has 0 aromatic heterocycles.